The largest absolute Gasteiger partial charge is 0.506 e. The molecule has 21 heavy (non-hydrogen) atoms. The highest BCUT2D eigenvalue weighted by Crippen LogP contribution is 2.40. The average molecular weight is 430 g/mol. The number of benzene rings is 2. The minimum Gasteiger partial charge on any atom is -0.506 e. The van der Waals surface area contributed by atoms with Crippen molar-refractivity contribution in [2.24, 2.45) is 0 Å². The van der Waals surface area contributed by atoms with E-state index in [1.807, 2.05) is 46.9 Å². The number of thioether (sulfide) groups is 1. The van der Waals surface area contributed by atoms with Crippen LogP contribution in [-0.2, 0) is 4.79 Å². The van der Waals surface area contributed by atoms with Crippen LogP contribution < -0.4 is 5.32 Å². The highest BCUT2D eigenvalue weighted by Gasteiger charge is 2.21. The second-order valence-corrected chi connectivity index (χ2v) is 7.07. The van der Waals surface area contributed by atoms with E-state index in [1.165, 1.54) is 11.8 Å². The maximum atomic E-state index is 12.1. The van der Waals surface area contributed by atoms with Gasteiger partial charge in [-0.05, 0) is 52.9 Å². The number of carbonyl (C=O) groups is 1. The fourth-order valence-corrected chi connectivity index (χ4v) is 3.94. The van der Waals surface area contributed by atoms with E-state index in [-0.39, 0.29) is 11.7 Å². The number of amides is 1. The van der Waals surface area contributed by atoms with E-state index in [0.717, 1.165) is 10.6 Å². The lowest BCUT2D eigenvalue weighted by Gasteiger charge is -2.18. The molecular weight excluding hydrogens is 421 g/mol. The number of rotatable bonds is 1. The van der Waals surface area contributed by atoms with Crippen molar-refractivity contribution in [1.82, 2.24) is 0 Å². The van der Waals surface area contributed by atoms with Gasteiger partial charge in [0, 0.05) is 15.5 Å². The van der Waals surface area contributed by atoms with Gasteiger partial charge in [-0.15, -0.1) is 0 Å². The Hall–Kier alpha value is -1.18. The Labute approximate surface area is 144 Å². The number of phenols is 1. The Balaban J connectivity index is 2.03. The number of phenolic OH excluding ortho intramolecular Hbond substituents is 1. The first-order valence-electron chi connectivity index (χ1n) is 6.02. The first-order valence-corrected chi connectivity index (χ1v) is 8.30. The lowest BCUT2D eigenvalue weighted by Crippen LogP contribution is -2.17. The maximum Gasteiger partial charge on any atom is 0.262 e. The van der Waals surface area contributed by atoms with Gasteiger partial charge in [-0.3, -0.25) is 4.79 Å². The predicted octanol–water partition coefficient (Wildman–Crippen LogP) is 4.74. The molecule has 0 radical (unpaired) electrons. The second-order valence-electron chi connectivity index (χ2n) is 4.39. The molecule has 0 aromatic heterocycles. The molecular formula is C15H9ClINO2S. The zero-order valence-electron chi connectivity index (χ0n) is 10.6. The summed E-state index contributed by atoms with van der Waals surface area (Å²) in [4.78, 5) is 13.6. The Bertz CT molecular complexity index is 776. The smallest absolute Gasteiger partial charge is 0.262 e. The van der Waals surface area contributed by atoms with Crippen molar-refractivity contribution in [3.05, 3.63) is 55.5 Å². The van der Waals surface area contributed by atoms with Gasteiger partial charge in [-0.2, -0.15) is 0 Å². The van der Waals surface area contributed by atoms with E-state index in [4.69, 9.17) is 11.6 Å². The van der Waals surface area contributed by atoms with Crippen LogP contribution in [0.25, 0.3) is 6.08 Å². The van der Waals surface area contributed by atoms with Gasteiger partial charge in [0.25, 0.3) is 5.91 Å². The van der Waals surface area contributed by atoms with E-state index in [0.29, 0.717) is 19.1 Å². The van der Waals surface area contributed by atoms with Crippen LogP contribution in [0, 0.1) is 3.57 Å². The molecule has 0 saturated heterocycles. The van der Waals surface area contributed by atoms with Gasteiger partial charge in [-0.1, -0.05) is 35.5 Å². The Morgan fingerprint density at radius 1 is 1.29 bits per heavy atom. The first kappa shape index (κ1) is 14.7. The molecule has 0 unspecified atom stereocenters. The van der Waals surface area contributed by atoms with Gasteiger partial charge in [0.05, 0.1) is 14.2 Å². The monoisotopic (exact) mass is 429 g/mol. The van der Waals surface area contributed by atoms with Crippen molar-refractivity contribution in [2.45, 2.75) is 4.90 Å². The van der Waals surface area contributed by atoms with E-state index in [1.54, 1.807) is 18.2 Å². The molecule has 1 amide bonds. The van der Waals surface area contributed by atoms with Crippen molar-refractivity contribution in [3.63, 3.8) is 0 Å². The lowest BCUT2D eigenvalue weighted by molar-refractivity contribution is -0.112. The van der Waals surface area contributed by atoms with Gasteiger partial charge < -0.3 is 10.4 Å². The van der Waals surface area contributed by atoms with Crippen molar-refractivity contribution in [2.75, 3.05) is 5.32 Å². The zero-order chi connectivity index (χ0) is 15.0. The molecule has 2 aromatic rings. The van der Waals surface area contributed by atoms with Crippen molar-refractivity contribution in [1.29, 1.82) is 0 Å². The van der Waals surface area contributed by atoms with Gasteiger partial charge in [0.15, 0.2) is 0 Å². The van der Waals surface area contributed by atoms with Crippen LogP contribution in [0.15, 0.2) is 46.2 Å². The quantitative estimate of drug-likeness (QED) is 0.509. The summed E-state index contributed by atoms with van der Waals surface area (Å²) in [6, 6.07) is 10.9. The Morgan fingerprint density at radius 2 is 2.05 bits per heavy atom. The van der Waals surface area contributed by atoms with E-state index >= 15 is 0 Å². The minimum absolute atomic E-state index is 0.125. The first-order chi connectivity index (χ1) is 10.0. The lowest BCUT2D eigenvalue weighted by atomic mass is 10.2. The molecule has 0 bridgehead atoms. The van der Waals surface area contributed by atoms with Gasteiger partial charge >= 0.3 is 0 Å². The standard InChI is InChI=1S/C15H9ClINO2S/c16-9-5-8(14(19)10(17)7-9)6-13-15(20)18-11-3-1-2-4-12(11)21-13/h1-7,19H,(H,18,20)/b13-6-. The summed E-state index contributed by atoms with van der Waals surface area (Å²) in [6.07, 6.45) is 1.65. The molecule has 3 nitrogen and oxygen atoms in total. The Morgan fingerprint density at radius 3 is 2.86 bits per heavy atom. The predicted molar refractivity (Wildman–Crippen MR) is 94.7 cm³/mol. The fraction of sp³-hybridized carbons (Fsp3) is 0. The number of hydrogen-bond donors (Lipinski definition) is 2. The van der Waals surface area contributed by atoms with Gasteiger partial charge in [-0.25, -0.2) is 0 Å². The summed E-state index contributed by atoms with van der Waals surface area (Å²) >= 11 is 9.38. The molecule has 0 saturated carbocycles. The number of fused-ring (bicyclic) bond motifs is 1. The third-order valence-electron chi connectivity index (χ3n) is 2.92. The number of halogens is 2. The molecule has 2 aromatic carbocycles. The molecule has 0 fully saturated rings. The topological polar surface area (TPSA) is 49.3 Å². The molecule has 1 aliphatic rings. The number of anilines is 1. The minimum atomic E-state index is -0.187. The molecule has 3 rings (SSSR count). The second kappa shape index (κ2) is 5.90. The summed E-state index contributed by atoms with van der Waals surface area (Å²) < 4.78 is 0.647. The van der Waals surface area contributed by atoms with Crippen LogP contribution in [-0.4, -0.2) is 11.0 Å². The number of aromatic hydroxyl groups is 1. The fourth-order valence-electron chi connectivity index (χ4n) is 1.94. The van der Waals surface area contributed by atoms with Crippen LogP contribution in [0.4, 0.5) is 5.69 Å². The Kier molecular flexibility index (Phi) is 4.14. The van der Waals surface area contributed by atoms with E-state index < -0.39 is 0 Å². The van der Waals surface area contributed by atoms with Crippen molar-refractivity contribution < 1.29 is 9.90 Å². The highest BCUT2D eigenvalue weighted by atomic mass is 127. The van der Waals surface area contributed by atoms with Crippen LogP contribution in [0.5, 0.6) is 5.75 Å². The zero-order valence-corrected chi connectivity index (χ0v) is 14.3. The SMILES string of the molecule is O=C1Nc2ccccc2S/C1=C\c1cc(Cl)cc(I)c1O. The normalized spacial score (nSPS) is 15.7. The van der Waals surface area contributed by atoms with Crippen LogP contribution in [0.2, 0.25) is 5.02 Å². The third-order valence-corrected chi connectivity index (χ3v) is 5.06. The van der Waals surface area contributed by atoms with Crippen molar-refractivity contribution in [3.8, 4) is 5.75 Å². The number of para-hydroxylation sites is 1. The van der Waals surface area contributed by atoms with Crippen LogP contribution in [0.3, 0.4) is 0 Å². The molecule has 0 spiro atoms. The molecule has 0 aliphatic carbocycles. The molecule has 1 aliphatic heterocycles. The summed E-state index contributed by atoms with van der Waals surface area (Å²) in [6.45, 7) is 0. The average Bonchev–Trinajstić information content (AvgIpc) is 2.45. The van der Waals surface area contributed by atoms with E-state index in [2.05, 4.69) is 5.32 Å². The molecule has 106 valence electrons. The third kappa shape index (κ3) is 3.04. The van der Waals surface area contributed by atoms with Gasteiger partial charge in [0.2, 0.25) is 0 Å². The summed E-state index contributed by atoms with van der Waals surface area (Å²) in [5.41, 5.74) is 1.33. The highest BCUT2D eigenvalue weighted by molar-refractivity contribution is 14.1. The van der Waals surface area contributed by atoms with Crippen LogP contribution in [0.1, 0.15) is 5.56 Å². The van der Waals surface area contributed by atoms with E-state index in [9.17, 15) is 9.90 Å². The maximum absolute atomic E-state index is 12.1. The number of hydrogen-bond acceptors (Lipinski definition) is 3. The summed E-state index contributed by atoms with van der Waals surface area (Å²) in [5.74, 6) is -0.0622. The summed E-state index contributed by atoms with van der Waals surface area (Å²) in [5, 5.41) is 13.4. The number of nitrogens with one attached hydrogen (secondary N) is 1. The molecule has 1 heterocycles. The molecule has 6 heteroatoms. The summed E-state index contributed by atoms with van der Waals surface area (Å²) in [7, 11) is 0. The number of carbonyl (C=O) groups excluding carboxylic acids is 1. The van der Waals surface area contributed by atoms with Crippen LogP contribution >= 0.6 is 46.0 Å². The molecule has 0 atom stereocenters. The van der Waals surface area contributed by atoms with Crippen molar-refractivity contribution >= 4 is 63.6 Å². The van der Waals surface area contributed by atoms with Gasteiger partial charge in [0.1, 0.15) is 5.75 Å². The molecule has 2 N–H and O–H groups in total.